The molecular formula is C14H25NO2. The minimum absolute atomic E-state index is 0.00836. The van der Waals surface area contributed by atoms with E-state index >= 15 is 0 Å². The average molecular weight is 239 g/mol. The molecule has 2 rings (SSSR count). The average Bonchev–Trinajstić information content (AvgIpc) is 2.68. The van der Waals surface area contributed by atoms with Crippen LogP contribution in [0.2, 0.25) is 0 Å². The third-order valence-electron chi connectivity index (χ3n) is 4.67. The molecular weight excluding hydrogens is 214 g/mol. The fraction of sp³-hybridized carbons (Fsp3) is 0.929. The molecule has 2 aliphatic rings. The van der Waals surface area contributed by atoms with Crippen molar-refractivity contribution in [3.63, 3.8) is 0 Å². The minimum atomic E-state index is -0.00836. The smallest absolute Gasteiger partial charge is 0.308 e. The van der Waals surface area contributed by atoms with E-state index in [1.165, 1.54) is 20.0 Å². The monoisotopic (exact) mass is 239 g/mol. The molecule has 1 aliphatic heterocycles. The summed E-state index contributed by atoms with van der Waals surface area (Å²) in [6, 6.07) is 2.15. The highest BCUT2D eigenvalue weighted by Gasteiger charge is 2.36. The molecule has 0 aromatic heterocycles. The second kappa shape index (κ2) is 5.38. The first kappa shape index (κ1) is 12.9. The number of ether oxygens (including phenoxy) is 1. The summed E-state index contributed by atoms with van der Waals surface area (Å²) >= 11 is 0. The zero-order valence-corrected chi connectivity index (χ0v) is 11.3. The van der Waals surface area contributed by atoms with Gasteiger partial charge in [0.05, 0.1) is 13.0 Å². The number of hydrogen-bond donors (Lipinski definition) is 0. The summed E-state index contributed by atoms with van der Waals surface area (Å²) in [7, 11) is 1.50. The molecule has 0 N–H and O–H groups in total. The van der Waals surface area contributed by atoms with E-state index in [0.29, 0.717) is 6.04 Å². The summed E-state index contributed by atoms with van der Waals surface area (Å²) in [5.41, 5.74) is 0. The number of carbonyl (C=O) groups is 1. The third kappa shape index (κ3) is 2.65. The number of hydrogen-bond acceptors (Lipinski definition) is 3. The summed E-state index contributed by atoms with van der Waals surface area (Å²) in [6.07, 6.45) is 7.00. The Morgan fingerprint density at radius 3 is 2.00 bits per heavy atom. The normalized spacial score (nSPS) is 39.2. The predicted molar refractivity (Wildman–Crippen MR) is 67.8 cm³/mol. The van der Waals surface area contributed by atoms with Gasteiger partial charge in [-0.1, -0.05) is 0 Å². The fourth-order valence-electron chi connectivity index (χ4n) is 3.71. The molecule has 1 aliphatic carbocycles. The number of methoxy groups -OCH3 is 1. The molecule has 3 nitrogen and oxygen atoms in total. The lowest BCUT2D eigenvalue weighted by Crippen LogP contribution is -2.44. The van der Waals surface area contributed by atoms with E-state index in [4.69, 9.17) is 4.74 Å². The van der Waals surface area contributed by atoms with Gasteiger partial charge in [-0.15, -0.1) is 0 Å². The van der Waals surface area contributed by atoms with Crippen molar-refractivity contribution in [2.24, 2.45) is 5.92 Å². The molecule has 2 unspecified atom stereocenters. The molecule has 0 amide bonds. The Morgan fingerprint density at radius 2 is 1.53 bits per heavy atom. The van der Waals surface area contributed by atoms with Crippen molar-refractivity contribution in [2.75, 3.05) is 7.11 Å². The van der Waals surface area contributed by atoms with Gasteiger partial charge in [0.2, 0.25) is 0 Å². The van der Waals surface area contributed by atoms with Crippen LogP contribution in [0.5, 0.6) is 0 Å². The lowest BCUT2D eigenvalue weighted by molar-refractivity contribution is -0.147. The van der Waals surface area contributed by atoms with Crippen molar-refractivity contribution < 1.29 is 9.53 Å². The summed E-state index contributed by atoms with van der Waals surface area (Å²) in [6.45, 7) is 4.69. The largest absolute Gasteiger partial charge is 0.469 e. The van der Waals surface area contributed by atoms with Gasteiger partial charge in [0.15, 0.2) is 0 Å². The minimum Gasteiger partial charge on any atom is -0.469 e. The molecule has 1 heterocycles. The van der Waals surface area contributed by atoms with Gasteiger partial charge in [-0.05, 0) is 52.4 Å². The van der Waals surface area contributed by atoms with Crippen molar-refractivity contribution in [3.05, 3.63) is 0 Å². The Hall–Kier alpha value is -0.570. The Labute approximate surface area is 105 Å². The first-order valence-electron chi connectivity index (χ1n) is 6.98. The molecule has 17 heavy (non-hydrogen) atoms. The van der Waals surface area contributed by atoms with Crippen molar-refractivity contribution >= 4 is 5.97 Å². The number of esters is 1. The van der Waals surface area contributed by atoms with E-state index in [-0.39, 0.29) is 11.9 Å². The van der Waals surface area contributed by atoms with Crippen molar-refractivity contribution in [1.82, 2.24) is 4.90 Å². The lowest BCUT2D eigenvalue weighted by Gasteiger charge is -2.38. The molecule has 98 valence electrons. The first-order chi connectivity index (χ1) is 8.13. The zero-order valence-electron chi connectivity index (χ0n) is 11.3. The summed E-state index contributed by atoms with van der Waals surface area (Å²) in [5.74, 6) is 0.149. The molecule has 0 radical (unpaired) electrons. The molecule has 3 heteroatoms. The molecule has 0 bridgehead atoms. The summed E-state index contributed by atoms with van der Waals surface area (Å²) < 4.78 is 4.84. The first-order valence-corrected chi connectivity index (χ1v) is 6.98. The van der Waals surface area contributed by atoms with E-state index < -0.39 is 0 Å². The van der Waals surface area contributed by atoms with Gasteiger partial charge >= 0.3 is 5.97 Å². The van der Waals surface area contributed by atoms with Gasteiger partial charge in [0, 0.05) is 18.1 Å². The van der Waals surface area contributed by atoms with Gasteiger partial charge in [-0.25, -0.2) is 0 Å². The van der Waals surface area contributed by atoms with Gasteiger partial charge in [-0.2, -0.15) is 0 Å². The molecule has 0 spiro atoms. The topological polar surface area (TPSA) is 29.5 Å². The highest BCUT2D eigenvalue weighted by Crippen LogP contribution is 2.34. The van der Waals surface area contributed by atoms with E-state index in [1.807, 2.05) is 0 Å². The SMILES string of the molecule is COC(=O)C1CCC(N2C(C)CCC2C)CC1. The maximum absolute atomic E-state index is 11.5. The van der Waals surface area contributed by atoms with E-state index in [0.717, 1.165) is 37.8 Å². The maximum Gasteiger partial charge on any atom is 0.308 e. The Balaban J connectivity index is 1.88. The highest BCUT2D eigenvalue weighted by atomic mass is 16.5. The Kier molecular flexibility index (Phi) is 4.08. The van der Waals surface area contributed by atoms with E-state index in [2.05, 4.69) is 18.7 Å². The van der Waals surface area contributed by atoms with Gasteiger partial charge in [-0.3, -0.25) is 9.69 Å². The molecule has 0 aromatic carbocycles. The number of nitrogens with zero attached hydrogens (tertiary/aromatic N) is 1. The molecule has 0 aromatic rings. The van der Waals surface area contributed by atoms with Crippen LogP contribution in [0.3, 0.4) is 0 Å². The Morgan fingerprint density at radius 1 is 1.00 bits per heavy atom. The van der Waals surface area contributed by atoms with Crippen molar-refractivity contribution in [3.8, 4) is 0 Å². The fourth-order valence-corrected chi connectivity index (χ4v) is 3.71. The van der Waals surface area contributed by atoms with Crippen LogP contribution in [0, 0.1) is 5.92 Å². The van der Waals surface area contributed by atoms with E-state index in [9.17, 15) is 4.79 Å². The molecule has 2 atom stereocenters. The van der Waals surface area contributed by atoms with E-state index in [1.54, 1.807) is 0 Å². The summed E-state index contributed by atoms with van der Waals surface area (Å²) in [4.78, 5) is 14.2. The molecule has 1 saturated heterocycles. The van der Waals surface area contributed by atoms with Crippen LogP contribution in [0.4, 0.5) is 0 Å². The van der Waals surface area contributed by atoms with Crippen molar-refractivity contribution in [1.29, 1.82) is 0 Å². The number of rotatable bonds is 2. The second-order valence-electron chi connectivity index (χ2n) is 5.75. The highest BCUT2D eigenvalue weighted by molar-refractivity contribution is 5.72. The lowest BCUT2D eigenvalue weighted by atomic mass is 9.85. The third-order valence-corrected chi connectivity index (χ3v) is 4.67. The van der Waals surface area contributed by atoms with Crippen LogP contribution in [-0.2, 0) is 9.53 Å². The molecule has 1 saturated carbocycles. The number of likely N-dealkylation sites (tertiary alicyclic amines) is 1. The van der Waals surface area contributed by atoms with Gasteiger partial charge < -0.3 is 4.74 Å². The van der Waals surface area contributed by atoms with Crippen LogP contribution in [-0.4, -0.2) is 36.1 Å². The second-order valence-corrected chi connectivity index (χ2v) is 5.75. The van der Waals surface area contributed by atoms with Crippen molar-refractivity contribution in [2.45, 2.75) is 70.5 Å². The van der Waals surface area contributed by atoms with Crippen LogP contribution in [0.25, 0.3) is 0 Å². The van der Waals surface area contributed by atoms with Crippen LogP contribution in [0.1, 0.15) is 52.4 Å². The Bertz CT molecular complexity index is 261. The number of carbonyl (C=O) groups excluding carboxylic acids is 1. The summed E-state index contributed by atoms with van der Waals surface area (Å²) in [5, 5.41) is 0. The zero-order chi connectivity index (χ0) is 12.4. The quantitative estimate of drug-likeness (QED) is 0.694. The van der Waals surface area contributed by atoms with Gasteiger partial charge in [0.25, 0.3) is 0 Å². The maximum atomic E-state index is 11.5. The standard InChI is InChI=1S/C14H25NO2/c1-10-4-5-11(2)15(10)13-8-6-12(7-9-13)14(16)17-3/h10-13H,4-9H2,1-3H3. The van der Waals surface area contributed by atoms with Crippen LogP contribution >= 0.6 is 0 Å². The predicted octanol–water partition coefficient (Wildman–Crippen LogP) is 2.59. The van der Waals surface area contributed by atoms with Crippen LogP contribution in [0.15, 0.2) is 0 Å². The molecule has 2 fully saturated rings. The van der Waals surface area contributed by atoms with Crippen LogP contribution < -0.4 is 0 Å². The van der Waals surface area contributed by atoms with Gasteiger partial charge in [0.1, 0.15) is 0 Å².